The summed E-state index contributed by atoms with van der Waals surface area (Å²) in [7, 11) is 0. The average molecular weight is 377 g/mol. The van der Waals surface area contributed by atoms with Crippen molar-refractivity contribution < 1.29 is 9.53 Å². The molecule has 6 heteroatoms. The summed E-state index contributed by atoms with van der Waals surface area (Å²) in [5.74, 6) is 0.682. The predicted octanol–water partition coefficient (Wildman–Crippen LogP) is 3.09. The molecule has 5 nitrogen and oxygen atoms in total. The summed E-state index contributed by atoms with van der Waals surface area (Å²) in [4.78, 5) is 14.7. The van der Waals surface area contributed by atoms with Crippen LogP contribution in [0, 0.1) is 22.7 Å². The van der Waals surface area contributed by atoms with Gasteiger partial charge < -0.3 is 4.74 Å². The number of nitrogens with zero attached hydrogens (tertiary/aromatic N) is 3. The average Bonchev–Trinajstić information content (AvgIpc) is 2.73. The van der Waals surface area contributed by atoms with E-state index in [9.17, 15) is 4.79 Å². The van der Waals surface area contributed by atoms with E-state index in [0.29, 0.717) is 17.7 Å². The third-order valence-corrected chi connectivity index (χ3v) is 5.53. The van der Waals surface area contributed by atoms with Gasteiger partial charge in [-0.05, 0) is 35.4 Å². The number of thioether (sulfide) groups is 1. The van der Waals surface area contributed by atoms with Crippen molar-refractivity contribution in [1.82, 2.24) is 4.90 Å². The fraction of sp³-hybridized carbons (Fsp3) is 0.286. The quantitative estimate of drug-likeness (QED) is 0.745. The Kier molecular flexibility index (Phi) is 6.49. The van der Waals surface area contributed by atoms with Gasteiger partial charge in [-0.2, -0.15) is 10.5 Å². The van der Waals surface area contributed by atoms with E-state index >= 15 is 0 Å². The lowest BCUT2D eigenvalue weighted by Gasteiger charge is -2.31. The van der Waals surface area contributed by atoms with Gasteiger partial charge in [0, 0.05) is 25.4 Å². The normalized spacial score (nSPS) is 16.9. The van der Waals surface area contributed by atoms with Crippen LogP contribution in [0.4, 0.5) is 0 Å². The summed E-state index contributed by atoms with van der Waals surface area (Å²) < 4.78 is 5.46. The minimum absolute atomic E-state index is 0.199. The molecule has 2 aromatic carbocycles. The Morgan fingerprint density at radius 3 is 2.22 bits per heavy atom. The van der Waals surface area contributed by atoms with Crippen molar-refractivity contribution in [3.8, 4) is 12.1 Å². The Balaban J connectivity index is 1.51. The summed E-state index contributed by atoms with van der Waals surface area (Å²) in [6.45, 7) is 2.55. The second-order valence-corrected chi connectivity index (χ2v) is 7.63. The number of benzene rings is 2. The van der Waals surface area contributed by atoms with Crippen LogP contribution in [0.3, 0.4) is 0 Å². The fourth-order valence-corrected chi connectivity index (χ4v) is 4.02. The summed E-state index contributed by atoms with van der Waals surface area (Å²) in [6.07, 6.45) is 0. The van der Waals surface area contributed by atoms with Crippen LogP contribution in [-0.4, -0.2) is 35.0 Å². The molecule has 0 radical (unpaired) electrons. The van der Waals surface area contributed by atoms with E-state index in [4.69, 9.17) is 15.3 Å². The summed E-state index contributed by atoms with van der Waals surface area (Å²) >= 11 is 1.63. The minimum atomic E-state index is -0.200. The van der Waals surface area contributed by atoms with Gasteiger partial charge in [-0.3, -0.25) is 9.69 Å². The molecule has 0 N–H and O–H groups in total. The molecule has 136 valence electrons. The Hall–Kier alpha value is -2.80. The van der Waals surface area contributed by atoms with Crippen molar-refractivity contribution in [2.24, 2.45) is 0 Å². The molecule has 1 saturated heterocycles. The SMILES string of the molecule is N#Cc1ccc(COC(=O)C2CN(Cc3ccc(C#N)cc3)CCS2)cc1. The van der Waals surface area contributed by atoms with Crippen molar-refractivity contribution >= 4 is 17.7 Å². The first-order valence-corrected chi connectivity index (χ1v) is 9.71. The highest BCUT2D eigenvalue weighted by Gasteiger charge is 2.27. The molecule has 2 aromatic rings. The summed E-state index contributed by atoms with van der Waals surface area (Å²) in [5, 5.41) is 17.5. The van der Waals surface area contributed by atoms with E-state index in [1.54, 1.807) is 36.0 Å². The van der Waals surface area contributed by atoms with Gasteiger partial charge in [-0.25, -0.2) is 0 Å². The highest BCUT2D eigenvalue weighted by molar-refractivity contribution is 8.00. The van der Waals surface area contributed by atoms with Gasteiger partial charge in [0.15, 0.2) is 0 Å². The molecule has 3 rings (SSSR count). The topological polar surface area (TPSA) is 77.1 Å². The molecule has 1 unspecified atom stereocenters. The van der Waals surface area contributed by atoms with Crippen molar-refractivity contribution in [3.63, 3.8) is 0 Å². The van der Waals surface area contributed by atoms with Crippen LogP contribution in [0.15, 0.2) is 48.5 Å². The number of ether oxygens (including phenoxy) is 1. The second-order valence-electron chi connectivity index (χ2n) is 6.32. The zero-order valence-electron chi connectivity index (χ0n) is 14.8. The first-order chi connectivity index (χ1) is 13.2. The van der Waals surface area contributed by atoms with E-state index in [0.717, 1.165) is 30.0 Å². The van der Waals surface area contributed by atoms with Crippen LogP contribution in [0.2, 0.25) is 0 Å². The highest BCUT2D eigenvalue weighted by atomic mass is 32.2. The van der Waals surface area contributed by atoms with Crippen LogP contribution < -0.4 is 0 Å². The molecule has 0 amide bonds. The summed E-state index contributed by atoms with van der Waals surface area (Å²) in [6, 6.07) is 18.8. The predicted molar refractivity (Wildman–Crippen MR) is 104 cm³/mol. The lowest BCUT2D eigenvalue weighted by Crippen LogP contribution is -2.41. The number of carbonyl (C=O) groups is 1. The number of hydrogen-bond acceptors (Lipinski definition) is 6. The number of carbonyl (C=O) groups excluding carboxylic acids is 1. The first-order valence-electron chi connectivity index (χ1n) is 8.66. The Labute approximate surface area is 163 Å². The molecule has 1 heterocycles. The van der Waals surface area contributed by atoms with E-state index in [1.807, 2.05) is 24.3 Å². The molecule has 27 heavy (non-hydrogen) atoms. The van der Waals surface area contributed by atoms with Crippen LogP contribution in [0.5, 0.6) is 0 Å². The molecular formula is C21H19N3O2S. The number of hydrogen-bond donors (Lipinski definition) is 0. The Morgan fingerprint density at radius 1 is 1.04 bits per heavy atom. The number of rotatable bonds is 5. The molecule has 1 aliphatic rings. The van der Waals surface area contributed by atoms with E-state index in [-0.39, 0.29) is 17.8 Å². The van der Waals surface area contributed by atoms with E-state index in [2.05, 4.69) is 17.0 Å². The van der Waals surface area contributed by atoms with Crippen LogP contribution in [0.1, 0.15) is 22.3 Å². The van der Waals surface area contributed by atoms with Crippen molar-refractivity contribution in [2.75, 3.05) is 18.8 Å². The third-order valence-electron chi connectivity index (χ3n) is 4.37. The van der Waals surface area contributed by atoms with E-state index in [1.165, 1.54) is 0 Å². The third kappa shape index (κ3) is 5.34. The molecule has 1 fully saturated rings. The molecular weight excluding hydrogens is 358 g/mol. The zero-order chi connectivity index (χ0) is 19.1. The Bertz CT molecular complexity index is 866. The lowest BCUT2D eigenvalue weighted by molar-refractivity contribution is -0.144. The number of nitriles is 2. The van der Waals surface area contributed by atoms with Gasteiger partial charge in [0.25, 0.3) is 0 Å². The van der Waals surface area contributed by atoms with Crippen molar-refractivity contribution in [1.29, 1.82) is 10.5 Å². The first kappa shape index (κ1) is 19.0. The molecule has 0 aliphatic carbocycles. The highest BCUT2D eigenvalue weighted by Crippen LogP contribution is 2.22. The molecule has 0 spiro atoms. The lowest BCUT2D eigenvalue weighted by atomic mass is 10.1. The maximum atomic E-state index is 12.4. The molecule has 0 aromatic heterocycles. The maximum absolute atomic E-state index is 12.4. The Morgan fingerprint density at radius 2 is 1.63 bits per heavy atom. The largest absolute Gasteiger partial charge is 0.460 e. The molecule has 1 aliphatic heterocycles. The molecule has 0 saturated carbocycles. The molecule has 1 atom stereocenters. The van der Waals surface area contributed by atoms with Gasteiger partial charge >= 0.3 is 5.97 Å². The fourth-order valence-electron chi connectivity index (χ4n) is 2.85. The number of esters is 1. The van der Waals surface area contributed by atoms with Gasteiger partial charge in [0.1, 0.15) is 11.9 Å². The smallest absolute Gasteiger partial charge is 0.320 e. The standard InChI is InChI=1S/C21H19N3O2S/c22-11-16-1-5-18(6-2-16)13-24-9-10-27-20(14-24)21(25)26-15-19-7-3-17(12-23)4-8-19/h1-8,20H,9-10,13-15H2. The van der Waals surface area contributed by atoms with Gasteiger partial charge in [-0.15, -0.1) is 11.8 Å². The van der Waals surface area contributed by atoms with E-state index < -0.39 is 0 Å². The van der Waals surface area contributed by atoms with Gasteiger partial charge in [-0.1, -0.05) is 24.3 Å². The maximum Gasteiger partial charge on any atom is 0.320 e. The second kappa shape index (κ2) is 9.23. The van der Waals surface area contributed by atoms with Crippen molar-refractivity contribution in [2.45, 2.75) is 18.4 Å². The van der Waals surface area contributed by atoms with Gasteiger partial charge in [0.05, 0.1) is 23.3 Å². The zero-order valence-corrected chi connectivity index (χ0v) is 15.6. The van der Waals surface area contributed by atoms with Crippen LogP contribution in [0.25, 0.3) is 0 Å². The minimum Gasteiger partial charge on any atom is -0.460 e. The summed E-state index contributed by atoms with van der Waals surface area (Å²) in [5.41, 5.74) is 3.24. The van der Waals surface area contributed by atoms with Crippen molar-refractivity contribution in [3.05, 3.63) is 70.8 Å². The molecule has 0 bridgehead atoms. The van der Waals surface area contributed by atoms with Gasteiger partial charge in [0.2, 0.25) is 0 Å². The monoisotopic (exact) mass is 377 g/mol. The van der Waals surface area contributed by atoms with Crippen LogP contribution >= 0.6 is 11.8 Å². The van der Waals surface area contributed by atoms with Crippen LogP contribution in [-0.2, 0) is 22.7 Å².